The molecule has 6 nitrogen and oxygen atoms in total. The van der Waals surface area contributed by atoms with Crippen LogP contribution in [-0.2, 0) is 9.84 Å². The fraction of sp³-hybridized carbons (Fsp3) is 0.533. The number of benzene rings is 1. The molecule has 9 heteroatoms. The molecular weight excluding hydrogens is 373 g/mol. The summed E-state index contributed by atoms with van der Waals surface area (Å²) in [6, 6.07) is 4.85. The molecule has 0 aromatic heterocycles. The minimum atomic E-state index is -2.88. The summed E-state index contributed by atoms with van der Waals surface area (Å²) in [6.07, 6.45) is 0.692. The van der Waals surface area contributed by atoms with Gasteiger partial charge in [0, 0.05) is 37.9 Å². The van der Waals surface area contributed by atoms with E-state index < -0.39 is 9.84 Å². The number of nitrogens with zero attached hydrogens (tertiary/aromatic N) is 2. The highest BCUT2D eigenvalue weighted by molar-refractivity contribution is 7.91. The Labute approximate surface area is 151 Å². The Morgan fingerprint density at radius 1 is 1.12 bits per heavy atom. The van der Waals surface area contributed by atoms with Crippen LogP contribution in [-0.4, -0.2) is 68.0 Å². The van der Waals surface area contributed by atoms with Crippen LogP contribution in [0.2, 0.25) is 10.0 Å². The third-order valence-electron chi connectivity index (χ3n) is 4.50. The van der Waals surface area contributed by atoms with E-state index in [1.54, 1.807) is 23.1 Å². The molecule has 0 saturated carbocycles. The van der Waals surface area contributed by atoms with Crippen molar-refractivity contribution in [3.8, 4) is 0 Å². The lowest BCUT2D eigenvalue weighted by Gasteiger charge is -2.37. The van der Waals surface area contributed by atoms with Gasteiger partial charge in [0.2, 0.25) is 0 Å². The zero-order chi connectivity index (χ0) is 17.3. The molecule has 2 aliphatic rings. The number of rotatable bonds is 2. The van der Waals surface area contributed by atoms with Gasteiger partial charge >= 0.3 is 6.03 Å². The smallest absolute Gasteiger partial charge is 0.321 e. The molecule has 2 amide bonds. The van der Waals surface area contributed by atoms with Gasteiger partial charge in [-0.25, -0.2) is 13.2 Å². The number of anilines is 1. The maximum absolute atomic E-state index is 12.3. The van der Waals surface area contributed by atoms with E-state index in [4.69, 9.17) is 23.2 Å². The molecule has 0 bridgehead atoms. The molecule has 0 radical (unpaired) electrons. The number of hydrogen-bond donors (Lipinski definition) is 1. The first-order valence-electron chi connectivity index (χ1n) is 7.79. The Kier molecular flexibility index (Phi) is 5.24. The summed E-state index contributed by atoms with van der Waals surface area (Å²) in [5, 5.41) is 3.64. The molecule has 2 aliphatic heterocycles. The summed E-state index contributed by atoms with van der Waals surface area (Å²) in [5.74, 6) is 0.512. The average molecular weight is 392 g/mol. The number of carbonyl (C=O) groups excluding carboxylic acids is 1. The van der Waals surface area contributed by atoms with Gasteiger partial charge < -0.3 is 10.2 Å². The summed E-state index contributed by atoms with van der Waals surface area (Å²) in [7, 11) is -2.88. The Morgan fingerprint density at radius 3 is 2.42 bits per heavy atom. The molecule has 2 heterocycles. The van der Waals surface area contributed by atoms with Crippen molar-refractivity contribution in [2.75, 3.05) is 43.0 Å². The van der Waals surface area contributed by atoms with Crippen LogP contribution in [0, 0.1) is 0 Å². The largest absolute Gasteiger partial charge is 0.322 e. The van der Waals surface area contributed by atoms with Crippen LogP contribution < -0.4 is 5.32 Å². The zero-order valence-electron chi connectivity index (χ0n) is 13.0. The molecular formula is C15H19Cl2N3O3S. The number of carbonyl (C=O) groups is 1. The highest BCUT2D eigenvalue weighted by Gasteiger charge is 2.34. The van der Waals surface area contributed by atoms with E-state index in [1.807, 2.05) is 0 Å². The van der Waals surface area contributed by atoms with Crippen LogP contribution in [0.3, 0.4) is 0 Å². The van der Waals surface area contributed by atoms with Crippen molar-refractivity contribution in [3.63, 3.8) is 0 Å². The van der Waals surface area contributed by atoms with E-state index in [1.165, 1.54) is 0 Å². The number of hydrogen-bond acceptors (Lipinski definition) is 4. The van der Waals surface area contributed by atoms with E-state index in [-0.39, 0.29) is 23.6 Å². The Hall–Kier alpha value is -1.02. The number of halogens is 2. The minimum Gasteiger partial charge on any atom is -0.322 e. The van der Waals surface area contributed by atoms with E-state index in [2.05, 4.69) is 10.2 Å². The highest BCUT2D eigenvalue weighted by atomic mass is 35.5. The van der Waals surface area contributed by atoms with Crippen molar-refractivity contribution < 1.29 is 13.2 Å². The summed E-state index contributed by atoms with van der Waals surface area (Å²) in [5.41, 5.74) is 0.596. The number of nitrogens with one attached hydrogen (secondary N) is 1. The van der Waals surface area contributed by atoms with Gasteiger partial charge in [-0.15, -0.1) is 0 Å². The zero-order valence-corrected chi connectivity index (χ0v) is 15.4. The van der Waals surface area contributed by atoms with Crippen LogP contribution in [0.5, 0.6) is 0 Å². The van der Waals surface area contributed by atoms with Gasteiger partial charge in [-0.1, -0.05) is 23.2 Å². The summed E-state index contributed by atoms with van der Waals surface area (Å²) in [6.45, 7) is 2.53. The fourth-order valence-corrected chi connectivity index (χ4v) is 5.19. The molecule has 1 N–H and O–H groups in total. The van der Waals surface area contributed by atoms with Crippen molar-refractivity contribution >= 4 is 44.8 Å². The summed E-state index contributed by atoms with van der Waals surface area (Å²) in [4.78, 5) is 16.2. The first-order valence-corrected chi connectivity index (χ1v) is 10.4. The predicted octanol–water partition coefficient (Wildman–Crippen LogP) is 2.33. The molecule has 1 aromatic carbocycles. The van der Waals surface area contributed by atoms with Gasteiger partial charge in [-0.3, -0.25) is 4.90 Å². The molecule has 2 fully saturated rings. The Bertz CT molecular complexity index is 733. The number of sulfone groups is 1. The molecule has 1 atom stereocenters. The van der Waals surface area contributed by atoms with Gasteiger partial charge in [0.1, 0.15) is 0 Å². The van der Waals surface area contributed by atoms with Gasteiger partial charge in [-0.05, 0) is 24.6 Å². The molecule has 3 rings (SSSR count). The maximum atomic E-state index is 12.3. The molecule has 0 aliphatic carbocycles. The second-order valence-electron chi connectivity index (χ2n) is 6.14. The summed E-state index contributed by atoms with van der Waals surface area (Å²) < 4.78 is 23.2. The van der Waals surface area contributed by atoms with Crippen molar-refractivity contribution in [1.29, 1.82) is 0 Å². The predicted molar refractivity (Wildman–Crippen MR) is 95.7 cm³/mol. The lowest BCUT2D eigenvalue weighted by atomic mass is 10.2. The fourth-order valence-electron chi connectivity index (χ4n) is 3.13. The first kappa shape index (κ1) is 17.8. The van der Waals surface area contributed by atoms with Crippen LogP contribution >= 0.6 is 23.2 Å². The van der Waals surface area contributed by atoms with Crippen LogP contribution in [0.25, 0.3) is 0 Å². The normalized spacial score (nSPS) is 24.1. The Balaban J connectivity index is 1.52. The van der Waals surface area contributed by atoms with E-state index >= 15 is 0 Å². The van der Waals surface area contributed by atoms with E-state index in [0.717, 1.165) is 0 Å². The summed E-state index contributed by atoms with van der Waals surface area (Å²) >= 11 is 11.8. The standard InChI is InChI=1S/C15H19Cl2N3O3S/c16-13-2-1-11(9-14(13)17)18-15(21)20-6-4-19(5-7-20)12-3-8-24(22,23)10-12/h1-2,9,12H,3-8,10H2,(H,18,21). The lowest BCUT2D eigenvalue weighted by Crippen LogP contribution is -2.53. The molecule has 24 heavy (non-hydrogen) atoms. The van der Waals surface area contributed by atoms with Gasteiger partial charge in [0.25, 0.3) is 0 Å². The topological polar surface area (TPSA) is 69.7 Å². The maximum Gasteiger partial charge on any atom is 0.321 e. The van der Waals surface area contributed by atoms with Crippen LogP contribution in [0.1, 0.15) is 6.42 Å². The molecule has 1 aromatic rings. The SMILES string of the molecule is O=C(Nc1ccc(Cl)c(Cl)c1)N1CCN(C2CCS(=O)(=O)C2)CC1. The second-order valence-corrected chi connectivity index (χ2v) is 9.18. The van der Waals surface area contributed by atoms with Gasteiger partial charge in [0.05, 0.1) is 21.6 Å². The van der Waals surface area contributed by atoms with Crippen LogP contribution in [0.15, 0.2) is 18.2 Å². The van der Waals surface area contributed by atoms with Gasteiger partial charge in [-0.2, -0.15) is 0 Å². The number of urea groups is 1. The van der Waals surface area contributed by atoms with Crippen LogP contribution in [0.4, 0.5) is 10.5 Å². The molecule has 1 unspecified atom stereocenters. The number of amides is 2. The second kappa shape index (κ2) is 7.07. The third-order valence-corrected chi connectivity index (χ3v) is 6.99. The van der Waals surface area contributed by atoms with Gasteiger partial charge in [0.15, 0.2) is 9.84 Å². The highest BCUT2D eigenvalue weighted by Crippen LogP contribution is 2.25. The molecule has 0 spiro atoms. The van der Waals surface area contributed by atoms with E-state index in [0.29, 0.717) is 48.3 Å². The van der Waals surface area contributed by atoms with Crippen molar-refractivity contribution in [2.45, 2.75) is 12.5 Å². The minimum absolute atomic E-state index is 0.0929. The average Bonchev–Trinajstić information content (AvgIpc) is 2.91. The quantitative estimate of drug-likeness (QED) is 0.839. The molecule has 132 valence electrons. The number of piperazine rings is 1. The lowest BCUT2D eigenvalue weighted by molar-refractivity contribution is 0.121. The first-order chi connectivity index (χ1) is 11.3. The monoisotopic (exact) mass is 391 g/mol. The molecule has 2 saturated heterocycles. The Morgan fingerprint density at radius 2 is 1.83 bits per heavy atom. The van der Waals surface area contributed by atoms with Crippen molar-refractivity contribution in [2.24, 2.45) is 0 Å². The third kappa shape index (κ3) is 4.14. The van der Waals surface area contributed by atoms with Crippen molar-refractivity contribution in [3.05, 3.63) is 28.2 Å². The van der Waals surface area contributed by atoms with E-state index in [9.17, 15) is 13.2 Å². The van der Waals surface area contributed by atoms with Crippen molar-refractivity contribution in [1.82, 2.24) is 9.80 Å².